The molecule has 2 fully saturated rings. The van der Waals surface area contributed by atoms with Gasteiger partial charge in [0.25, 0.3) is 5.91 Å². The van der Waals surface area contributed by atoms with Crippen molar-refractivity contribution in [1.29, 1.82) is 0 Å². The van der Waals surface area contributed by atoms with Gasteiger partial charge in [0.15, 0.2) is 0 Å². The highest BCUT2D eigenvalue weighted by Gasteiger charge is 2.50. The third-order valence-electron chi connectivity index (χ3n) is 5.77. The van der Waals surface area contributed by atoms with Gasteiger partial charge in [0, 0.05) is 49.3 Å². The molecule has 4 rings (SSSR count). The summed E-state index contributed by atoms with van der Waals surface area (Å²) in [5, 5.41) is 14.3. The largest absolute Gasteiger partial charge is 0.392 e. The average Bonchev–Trinajstić information content (AvgIpc) is 3.00. The highest BCUT2D eigenvalue weighted by molar-refractivity contribution is 6.06. The van der Waals surface area contributed by atoms with Crippen molar-refractivity contribution in [1.82, 2.24) is 14.8 Å². The van der Waals surface area contributed by atoms with E-state index in [4.69, 9.17) is 0 Å². The number of amides is 2. The second-order valence-corrected chi connectivity index (χ2v) is 7.21. The first-order valence-corrected chi connectivity index (χ1v) is 8.83. The molecular weight excluding hydrogens is 318 g/mol. The Bertz CT molecular complexity index is 844. The van der Waals surface area contributed by atoms with E-state index in [1.807, 2.05) is 42.1 Å². The molecule has 2 N–H and O–H groups in total. The van der Waals surface area contributed by atoms with E-state index in [9.17, 15) is 14.7 Å². The Morgan fingerprint density at radius 1 is 1.36 bits per heavy atom. The molecule has 2 aromatic rings. The number of aliphatic hydroxyl groups excluding tert-OH is 1. The van der Waals surface area contributed by atoms with E-state index in [-0.39, 0.29) is 18.4 Å². The molecular formula is C19H23N3O3. The monoisotopic (exact) mass is 341 g/mol. The Labute approximate surface area is 146 Å². The fourth-order valence-electron chi connectivity index (χ4n) is 4.28. The molecule has 25 heavy (non-hydrogen) atoms. The van der Waals surface area contributed by atoms with Crippen molar-refractivity contribution in [2.24, 2.45) is 12.5 Å². The van der Waals surface area contributed by atoms with Gasteiger partial charge in [0.1, 0.15) is 0 Å². The number of carbonyl (C=O) groups is 2. The third-order valence-corrected chi connectivity index (χ3v) is 5.77. The standard InChI is InChI=1S/C19H23N3O3/c1-21-10-6-13-14(4-2-5-15(13)21)17(24)22-11-7-16(23)19(12-22)8-3-9-20-18(19)25/h2,4-6,10,16,23H,3,7-9,11-12H2,1H3,(H,20,25)/t16-,19-/m1/s1. The molecule has 6 heteroatoms. The molecule has 6 nitrogen and oxygen atoms in total. The Morgan fingerprint density at radius 3 is 3.00 bits per heavy atom. The summed E-state index contributed by atoms with van der Waals surface area (Å²) in [7, 11) is 1.95. The number of likely N-dealkylation sites (tertiary alicyclic amines) is 1. The van der Waals surface area contributed by atoms with Crippen LogP contribution in [-0.4, -0.2) is 52.1 Å². The maximum absolute atomic E-state index is 13.2. The van der Waals surface area contributed by atoms with Crippen LogP contribution in [0.2, 0.25) is 0 Å². The van der Waals surface area contributed by atoms with E-state index in [0.29, 0.717) is 31.5 Å². The Morgan fingerprint density at radius 2 is 2.20 bits per heavy atom. The molecule has 0 saturated carbocycles. The van der Waals surface area contributed by atoms with E-state index in [1.54, 1.807) is 4.90 Å². The predicted molar refractivity (Wildman–Crippen MR) is 94.1 cm³/mol. The van der Waals surface area contributed by atoms with Crippen molar-refractivity contribution in [3.63, 3.8) is 0 Å². The van der Waals surface area contributed by atoms with Crippen molar-refractivity contribution in [3.8, 4) is 0 Å². The maximum Gasteiger partial charge on any atom is 0.254 e. The van der Waals surface area contributed by atoms with Crippen LogP contribution in [0.1, 0.15) is 29.6 Å². The van der Waals surface area contributed by atoms with Crippen molar-refractivity contribution >= 4 is 22.7 Å². The van der Waals surface area contributed by atoms with Gasteiger partial charge in [-0.15, -0.1) is 0 Å². The second-order valence-electron chi connectivity index (χ2n) is 7.21. The highest BCUT2D eigenvalue weighted by Crippen LogP contribution is 2.38. The van der Waals surface area contributed by atoms with E-state index in [1.165, 1.54) is 0 Å². The number of carbonyl (C=O) groups excluding carboxylic acids is 2. The van der Waals surface area contributed by atoms with Crippen LogP contribution in [0.5, 0.6) is 0 Å². The summed E-state index contributed by atoms with van der Waals surface area (Å²) in [6.07, 6.45) is 3.14. The van der Waals surface area contributed by atoms with Gasteiger partial charge in [0.05, 0.1) is 11.5 Å². The van der Waals surface area contributed by atoms with Crippen LogP contribution in [0, 0.1) is 5.41 Å². The zero-order chi connectivity index (χ0) is 17.6. The smallest absolute Gasteiger partial charge is 0.254 e. The molecule has 2 aliphatic heterocycles. The molecule has 0 unspecified atom stereocenters. The van der Waals surface area contributed by atoms with E-state index < -0.39 is 11.5 Å². The van der Waals surface area contributed by atoms with Gasteiger partial charge in [-0.1, -0.05) is 6.07 Å². The summed E-state index contributed by atoms with van der Waals surface area (Å²) in [6, 6.07) is 7.66. The lowest BCUT2D eigenvalue weighted by atomic mass is 9.71. The van der Waals surface area contributed by atoms with Crippen molar-refractivity contribution in [2.75, 3.05) is 19.6 Å². The molecule has 2 saturated heterocycles. The number of aryl methyl sites for hydroxylation is 1. The number of hydrogen-bond donors (Lipinski definition) is 2. The SMILES string of the molecule is Cn1ccc2c(C(=O)N3CC[C@@H](O)[C@@]4(CCCNC4=O)C3)cccc21. The van der Waals surface area contributed by atoms with E-state index in [2.05, 4.69) is 5.32 Å². The number of aliphatic hydroxyl groups is 1. The van der Waals surface area contributed by atoms with Crippen molar-refractivity contribution in [2.45, 2.75) is 25.4 Å². The minimum atomic E-state index is -0.864. The van der Waals surface area contributed by atoms with E-state index in [0.717, 1.165) is 17.3 Å². The van der Waals surface area contributed by atoms with Crippen LogP contribution in [-0.2, 0) is 11.8 Å². The highest BCUT2D eigenvalue weighted by atomic mass is 16.3. The first-order valence-electron chi connectivity index (χ1n) is 8.83. The second kappa shape index (κ2) is 5.88. The molecule has 1 aromatic heterocycles. The topological polar surface area (TPSA) is 74.6 Å². The summed E-state index contributed by atoms with van der Waals surface area (Å²) in [5.41, 5.74) is 0.797. The lowest BCUT2D eigenvalue weighted by molar-refractivity contribution is -0.147. The Hall–Kier alpha value is -2.34. The van der Waals surface area contributed by atoms with Gasteiger partial charge in [-0.05, 0) is 37.5 Å². The summed E-state index contributed by atoms with van der Waals surface area (Å²) in [5.74, 6) is -0.192. The number of rotatable bonds is 1. The van der Waals surface area contributed by atoms with E-state index >= 15 is 0 Å². The molecule has 1 spiro atoms. The zero-order valence-electron chi connectivity index (χ0n) is 14.4. The zero-order valence-corrected chi connectivity index (χ0v) is 14.4. The van der Waals surface area contributed by atoms with Crippen molar-refractivity contribution < 1.29 is 14.7 Å². The molecule has 2 atom stereocenters. The van der Waals surface area contributed by atoms with Gasteiger partial charge in [0.2, 0.25) is 5.91 Å². The van der Waals surface area contributed by atoms with Gasteiger partial charge in [-0.3, -0.25) is 9.59 Å². The third kappa shape index (κ3) is 2.43. The fourth-order valence-corrected chi connectivity index (χ4v) is 4.28. The molecule has 0 radical (unpaired) electrons. The van der Waals surface area contributed by atoms with Gasteiger partial charge >= 0.3 is 0 Å². The molecule has 1 aromatic carbocycles. The quantitative estimate of drug-likeness (QED) is 0.821. The first kappa shape index (κ1) is 16.1. The lowest BCUT2D eigenvalue weighted by Gasteiger charge is -2.46. The normalized spacial score (nSPS) is 26.9. The van der Waals surface area contributed by atoms with Crippen LogP contribution in [0.15, 0.2) is 30.5 Å². The number of hydrogen-bond acceptors (Lipinski definition) is 3. The van der Waals surface area contributed by atoms with Gasteiger partial charge < -0.3 is 19.9 Å². The Kier molecular flexibility index (Phi) is 3.80. The van der Waals surface area contributed by atoms with Crippen LogP contribution in [0.3, 0.4) is 0 Å². The maximum atomic E-state index is 13.2. The minimum Gasteiger partial charge on any atom is -0.392 e. The van der Waals surface area contributed by atoms with Crippen LogP contribution in [0.4, 0.5) is 0 Å². The molecule has 132 valence electrons. The number of nitrogens with zero attached hydrogens (tertiary/aromatic N) is 2. The minimum absolute atomic E-state index is 0.0681. The van der Waals surface area contributed by atoms with Crippen molar-refractivity contribution in [3.05, 3.63) is 36.0 Å². The molecule has 3 heterocycles. The fraction of sp³-hybridized carbons (Fsp3) is 0.474. The Balaban J connectivity index is 1.67. The summed E-state index contributed by atoms with van der Waals surface area (Å²) in [6.45, 7) is 1.39. The summed E-state index contributed by atoms with van der Waals surface area (Å²) < 4.78 is 1.99. The molecule has 0 aliphatic carbocycles. The number of aromatic nitrogens is 1. The first-order chi connectivity index (χ1) is 12.0. The molecule has 0 bridgehead atoms. The van der Waals surface area contributed by atoms with Crippen LogP contribution >= 0.6 is 0 Å². The number of nitrogens with one attached hydrogen (secondary N) is 1. The molecule has 2 amide bonds. The van der Waals surface area contributed by atoms with Gasteiger partial charge in [-0.25, -0.2) is 0 Å². The lowest BCUT2D eigenvalue weighted by Crippen LogP contribution is -2.62. The van der Waals surface area contributed by atoms with Crippen LogP contribution < -0.4 is 5.32 Å². The number of fused-ring (bicyclic) bond motifs is 1. The average molecular weight is 341 g/mol. The predicted octanol–water partition coefficient (Wildman–Crippen LogP) is 1.28. The molecule has 2 aliphatic rings. The number of piperidine rings is 2. The van der Waals surface area contributed by atoms with Crippen LogP contribution in [0.25, 0.3) is 10.9 Å². The summed E-state index contributed by atoms with van der Waals surface area (Å²) >= 11 is 0. The van der Waals surface area contributed by atoms with Gasteiger partial charge in [-0.2, -0.15) is 0 Å². The summed E-state index contributed by atoms with van der Waals surface area (Å²) in [4.78, 5) is 27.4. The number of benzene rings is 1.